The normalized spacial score (nSPS) is 15.0. The van der Waals surface area contributed by atoms with Crippen molar-refractivity contribution in [3.8, 4) is 17.2 Å². The number of aromatic amines is 1. The van der Waals surface area contributed by atoms with Crippen molar-refractivity contribution in [1.29, 1.82) is 0 Å². The van der Waals surface area contributed by atoms with E-state index in [0.29, 0.717) is 30.2 Å². The maximum absolute atomic E-state index is 13.1. The molecule has 3 heterocycles. The summed E-state index contributed by atoms with van der Waals surface area (Å²) in [5, 5.41) is 17.6. The molecule has 1 aliphatic heterocycles. The number of tetrazole rings is 1. The number of anilines is 2. The van der Waals surface area contributed by atoms with Crippen LogP contribution >= 0.6 is 0 Å². The summed E-state index contributed by atoms with van der Waals surface area (Å²) < 4.78 is 18.3. The lowest BCUT2D eigenvalue weighted by Crippen LogP contribution is -2.38. The first kappa shape index (κ1) is 25.9. The maximum atomic E-state index is 13.1. The number of hydrogen-bond acceptors (Lipinski definition) is 10. The van der Waals surface area contributed by atoms with Gasteiger partial charge in [0.25, 0.3) is 0 Å². The number of ether oxygens (including phenoxy) is 3. The van der Waals surface area contributed by atoms with E-state index < -0.39 is 24.6 Å². The summed E-state index contributed by atoms with van der Waals surface area (Å²) in [4.78, 5) is 26.3. The van der Waals surface area contributed by atoms with Gasteiger partial charge in [-0.3, -0.25) is 4.79 Å². The van der Waals surface area contributed by atoms with Gasteiger partial charge in [-0.25, -0.2) is 9.89 Å². The Hall–Kier alpha value is -4.71. The minimum atomic E-state index is -1.01. The molecule has 0 bridgehead atoms. The quantitative estimate of drug-likeness (QED) is 0.242. The average Bonchev–Trinajstić information content (AvgIpc) is 3.63. The number of esters is 2. The molecule has 0 radical (unpaired) electrons. The molecule has 0 saturated carbocycles. The molecule has 2 atom stereocenters. The minimum absolute atomic E-state index is 0.339. The van der Waals surface area contributed by atoms with Gasteiger partial charge in [-0.1, -0.05) is 18.2 Å². The van der Waals surface area contributed by atoms with Gasteiger partial charge in [0.05, 0.1) is 22.6 Å². The smallest absolute Gasteiger partial charge is 0.343 e. The Bertz CT molecular complexity index is 1470. The Morgan fingerprint density at radius 1 is 1.13 bits per heavy atom. The third kappa shape index (κ3) is 5.46. The average molecular weight is 532 g/mol. The third-order valence-corrected chi connectivity index (χ3v) is 6.15. The number of nitrogens with one attached hydrogen (secondary N) is 2. The molecule has 0 aliphatic carbocycles. The van der Waals surface area contributed by atoms with Crippen LogP contribution in [0, 0.1) is 6.92 Å². The van der Waals surface area contributed by atoms with Gasteiger partial charge >= 0.3 is 11.9 Å². The van der Waals surface area contributed by atoms with E-state index in [-0.39, 0.29) is 0 Å². The first-order valence-corrected chi connectivity index (χ1v) is 12.5. The number of H-pyrrole nitrogens is 1. The fourth-order valence-electron chi connectivity index (χ4n) is 4.60. The van der Waals surface area contributed by atoms with E-state index in [1.165, 1.54) is 13.8 Å². The molecule has 202 valence electrons. The molecule has 0 saturated heterocycles. The number of carbonyl (C=O) groups is 2. The van der Waals surface area contributed by atoms with E-state index in [2.05, 4.69) is 25.9 Å². The van der Waals surface area contributed by atoms with E-state index in [9.17, 15) is 9.59 Å². The molecule has 2 unspecified atom stereocenters. The van der Waals surface area contributed by atoms with Gasteiger partial charge in [0, 0.05) is 38.9 Å². The second-order valence-corrected chi connectivity index (χ2v) is 9.05. The molecule has 1 aliphatic rings. The Labute approximate surface area is 224 Å². The van der Waals surface area contributed by atoms with E-state index in [1.54, 1.807) is 12.1 Å². The highest BCUT2D eigenvalue weighted by molar-refractivity contribution is 6.01. The summed E-state index contributed by atoms with van der Waals surface area (Å²) in [6.07, 6.45) is 0.522. The Kier molecular flexibility index (Phi) is 7.28. The minimum Gasteiger partial charge on any atom is -0.426 e. The number of aryl methyl sites for hydroxylation is 1. The zero-order valence-electron chi connectivity index (χ0n) is 22.0. The number of rotatable bonds is 9. The molecule has 2 aromatic carbocycles. The van der Waals surface area contributed by atoms with Gasteiger partial charge in [0.15, 0.2) is 5.82 Å². The van der Waals surface area contributed by atoms with E-state index >= 15 is 0 Å². The number of fused-ring (bicyclic) bond motifs is 1. The number of hydrogen-bond donors (Lipinski definition) is 2. The van der Waals surface area contributed by atoms with Gasteiger partial charge in [-0.05, 0) is 65.7 Å². The largest absolute Gasteiger partial charge is 0.426 e. The van der Waals surface area contributed by atoms with Crippen LogP contribution in [0.1, 0.15) is 42.3 Å². The van der Waals surface area contributed by atoms with Crippen molar-refractivity contribution in [2.24, 2.45) is 0 Å². The fourth-order valence-corrected chi connectivity index (χ4v) is 4.60. The summed E-state index contributed by atoms with van der Waals surface area (Å²) >= 11 is 0. The van der Waals surface area contributed by atoms with Gasteiger partial charge in [0.2, 0.25) is 12.6 Å². The predicted molar refractivity (Wildman–Crippen MR) is 142 cm³/mol. The van der Waals surface area contributed by atoms with Gasteiger partial charge in [-0.2, -0.15) is 0 Å². The second kappa shape index (κ2) is 11.0. The first-order chi connectivity index (χ1) is 18.8. The van der Waals surface area contributed by atoms with Crippen molar-refractivity contribution < 1.29 is 23.8 Å². The molecule has 2 aromatic heterocycles. The van der Waals surface area contributed by atoms with Crippen molar-refractivity contribution in [1.82, 2.24) is 25.2 Å². The topological polar surface area (TPSA) is 136 Å². The SMILES string of the molecule is CCOC1Nc2cccc(C(=O)OC(C)OC(C)=O)c2N1Cc1ccc(-n2cc(C)cc2-c2nnn[nH]2)cc1. The highest BCUT2D eigenvalue weighted by atomic mass is 16.7. The van der Waals surface area contributed by atoms with Gasteiger partial charge in [0.1, 0.15) is 0 Å². The molecular formula is C27H29N7O5. The van der Waals surface area contributed by atoms with Crippen LogP contribution in [0.3, 0.4) is 0 Å². The molecule has 2 N–H and O–H groups in total. The van der Waals surface area contributed by atoms with Crippen LogP contribution in [0.4, 0.5) is 11.4 Å². The molecule has 4 aromatic rings. The van der Waals surface area contributed by atoms with Gasteiger partial charge < -0.3 is 29.0 Å². The number of nitrogens with zero attached hydrogens (tertiary/aromatic N) is 5. The molecule has 12 nitrogen and oxygen atoms in total. The molecular weight excluding hydrogens is 502 g/mol. The van der Waals surface area contributed by atoms with Crippen molar-refractivity contribution in [3.05, 3.63) is 71.4 Å². The highest BCUT2D eigenvalue weighted by Gasteiger charge is 2.34. The molecule has 0 amide bonds. The summed E-state index contributed by atoms with van der Waals surface area (Å²) in [7, 11) is 0. The fraction of sp³-hybridized carbons (Fsp3) is 0.296. The number of para-hydroxylation sites is 1. The zero-order valence-corrected chi connectivity index (χ0v) is 22.0. The molecule has 0 spiro atoms. The van der Waals surface area contributed by atoms with Crippen molar-refractivity contribution in [2.45, 2.75) is 46.9 Å². The van der Waals surface area contributed by atoms with Crippen LogP contribution in [0.5, 0.6) is 0 Å². The van der Waals surface area contributed by atoms with Crippen LogP contribution in [0.15, 0.2) is 54.7 Å². The Morgan fingerprint density at radius 2 is 1.92 bits per heavy atom. The Morgan fingerprint density at radius 3 is 2.62 bits per heavy atom. The third-order valence-electron chi connectivity index (χ3n) is 6.15. The first-order valence-electron chi connectivity index (χ1n) is 12.5. The summed E-state index contributed by atoms with van der Waals surface area (Å²) in [5.74, 6) is -0.553. The van der Waals surface area contributed by atoms with E-state index in [0.717, 1.165) is 28.2 Å². The lowest BCUT2D eigenvalue weighted by molar-refractivity contribution is -0.162. The molecule has 0 fully saturated rings. The van der Waals surface area contributed by atoms with Crippen LogP contribution in [0.25, 0.3) is 17.2 Å². The molecule has 39 heavy (non-hydrogen) atoms. The number of carbonyl (C=O) groups excluding carboxylic acids is 2. The second-order valence-electron chi connectivity index (χ2n) is 9.05. The molecule has 12 heteroatoms. The van der Waals surface area contributed by atoms with Crippen molar-refractivity contribution >= 4 is 23.3 Å². The Balaban J connectivity index is 1.42. The van der Waals surface area contributed by atoms with Crippen molar-refractivity contribution in [3.63, 3.8) is 0 Å². The zero-order chi connectivity index (χ0) is 27.5. The van der Waals surface area contributed by atoms with Gasteiger partial charge in [-0.15, -0.1) is 5.10 Å². The van der Waals surface area contributed by atoms with E-state index in [4.69, 9.17) is 14.2 Å². The van der Waals surface area contributed by atoms with Crippen LogP contribution in [-0.4, -0.2) is 56.4 Å². The summed E-state index contributed by atoms with van der Waals surface area (Å²) in [6.45, 7) is 7.61. The lowest BCUT2D eigenvalue weighted by atomic mass is 10.1. The summed E-state index contributed by atoms with van der Waals surface area (Å²) in [6, 6.07) is 15.4. The monoisotopic (exact) mass is 531 g/mol. The standard InChI is InChI=1S/C27H29N7O5/c1-5-37-27-28-22-8-6-7-21(26(36)39-18(4)38-17(3)35)24(22)34(27)15-19-9-11-20(12-10-19)33-14-16(2)13-23(33)25-29-31-32-30-25/h6-14,18,27-28H,5,15H2,1-4H3,(H,29,30,31,32). The predicted octanol–water partition coefficient (Wildman–Crippen LogP) is 3.78. The number of aromatic nitrogens is 5. The van der Waals surface area contributed by atoms with Crippen LogP contribution in [0.2, 0.25) is 0 Å². The maximum Gasteiger partial charge on any atom is 0.343 e. The highest BCUT2D eigenvalue weighted by Crippen LogP contribution is 2.39. The van der Waals surface area contributed by atoms with Crippen LogP contribution < -0.4 is 10.2 Å². The van der Waals surface area contributed by atoms with Crippen molar-refractivity contribution in [2.75, 3.05) is 16.8 Å². The lowest BCUT2D eigenvalue weighted by Gasteiger charge is -2.27. The molecule has 5 rings (SSSR count). The van der Waals surface area contributed by atoms with Crippen LogP contribution in [-0.2, 0) is 25.5 Å². The number of benzene rings is 2. The van der Waals surface area contributed by atoms with E-state index in [1.807, 2.05) is 65.9 Å². The summed E-state index contributed by atoms with van der Waals surface area (Å²) in [5.41, 5.74) is 5.61.